The maximum atomic E-state index is 10.7. The van der Waals surface area contributed by atoms with Gasteiger partial charge in [0.1, 0.15) is 37.1 Å². The van der Waals surface area contributed by atoms with Crippen LogP contribution in [0.3, 0.4) is 0 Å². The van der Waals surface area contributed by atoms with Gasteiger partial charge in [-0.25, -0.2) is 26.4 Å². The first-order valence-electron chi connectivity index (χ1n) is 17.3. The van der Waals surface area contributed by atoms with Gasteiger partial charge in [-0.2, -0.15) is 26.3 Å². The Kier molecular flexibility index (Phi) is 32.3. The van der Waals surface area contributed by atoms with Crippen molar-refractivity contribution in [1.29, 1.82) is 0 Å². The molecule has 0 radical (unpaired) electrons. The van der Waals surface area contributed by atoms with Crippen LogP contribution in [0.5, 0.6) is 0 Å². The van der Waals surface area contributed by atoms with Crippen molar-refractivity contribution in [3.05, 3.63) is 182 Å². The van der Waals surface area contributed by atoms with Crippen molar-refractivity contribution in [1.82, 2.24) is 9.97 Å². The molecule has 0 fully saturated rings. The molecule has 6 rings (SSSR count). The van der Waals surface area contributed by atoms with Crippen molar-refractivity contribution in [2.24, 2.45) is 0 Å². The van der Waals surface area contributed by atoms with E-state index in [-0.39, 0.29) is 61.2 Å². The molecular weight excluding hydrogens is 1370 g/mol. The van der Waals surface area contributed by atoms with Gasteiger partial charge in [0.05, 0.1) is 16.5 Å². The summed E-state index contributed by atoms with van der Waals surface area (Å²) in [5, 5.41) is 22.9. The van der Waals surface area contributed by atoms with Crippen LogP contribution in [0.1, 0.15) is 20.7 Å². The van der Waals surface area contributed by atoms with Crippen LogP contribution in [0.25, 0.3) is 0 Å². The molecule has 0 saturated heterocycles. The first-order valence-corrected chi connectivity index (χ1v) is 24.6. The predicted octanol–water partition coefficient (Wildman–Crippen LogP) is 7.75. The Balaban J connectivity index is 0. The molecular formula is C40H36Au2Cl2F6N2O10P2S2+2. The van der Waals surface area contributed by atoms with E-state index in [0.29, 0.717) is 0 Å². The van der Waals surface area contributed by atoms with Crippen molar-refractivity contribution in [3.63, 3.8) is 0 Å². The Hall–Kier alpha value is -3.56. The molecule has 12 nitrogen and oxygen atoms in total. The van der Waals surface area contributed by atoms with E-state index in [1.165, 1.54) is 64.0 Å². The van der Waals surface area contributed by atoms with Gasteiger partial charge in [-0.15, -0.1) is 23.2 Å². The minimum absolute atomic E-state index is 0. The number of alkyl halides is 8. The van der Waals surface area contributed by atoms with Crippen LogP contribution in [0.2, 0.25) is 0 Å². The topological polar surface area (TPSA) is 215 Å². The average molecular weight is 1410 g/mol. The fourth-order valence-electron chi connectivity index (χ4n) is 4.45. The Morgan fingerprint density at radius 2 is 0.712 bits per heavy atom. The number of benzene rings is 4. The molecule has 0 unspecified atom stereocenters. The zero-order chi connectivity index (χ0) is 48.4. The van der Waals surface area contributed by atoms with Gasteiger partial charge in [-0.1, -0.05) is 72.8 Å². The molecule has 364 valence electrons. The SMILES string of the molecule is ClCCl.O=C(O)c1cccnc1.O=C(O)c1cccnc1.O=S(=O)([O-])C(F)(F)F.O=S(=O)([O-])C(F)(F)F.[Au+].[Au+].c1ccc([PH+](C[PH+](c2ccccc2)c2ccccc2)c2ccccc2)cc1. The Morgan fingerprint density at radius 3 is 0.848 bits per heavy atom. The summed E-state index contributed by atoms with van der Waals surface area (Å²) in [7, 11) is -13.9. The van der Waals surface area contributed by atoms with Crippen molar-refractivity contribution < 1.29 is 117 Å². The summed E-state index contributed by atoms with van der Waals surface area (Å²) < 4.78 is 118. The van der Waals surface area contributed by atoms with Crippen molar-refractivity contribution >= 4 is 92.4 Å². The Bertz CT molecular complexity index is 2220. The van der Waals surface area contributed by atoms with Crippen LogP contribution < -0.4 is 21.2 Å². The number of pyridine rings is 2. The van der Waals surface area contributed by atoms with E-state index in [2.05, 4.69) is 131 Å². The molecule has 0 bridgehead atoms. The van der Waals surface area contributed by atoms with Gasteiger partial charge in [-0.3, -0.25) is 9.97 Å². The first-order chi connectivity index (χ1) is 29.9. The number of aromatic nitrogens is 2. The predicted molar refractivity (Wildman–Crippen MR) is 236 cm³/mol. The van der Waals surface area contributed by atoms with E-state index >= 15 is 0 Å². The van der Waals surface area contributed by atoms with E-state index in [4.69, 9.17) is 59.4 Å². The molecule has 0 atom stereocenters. The molecule has 2 N–H and O–H groups in total. The van der Waals surface area contributed by atoms with Gasteiger partial charge in [-0.05, 0) is 72.8 Å². The zero-order valence-electron chi connectivity index (χ0n) is 33.1. The summed E-state index contributed by atoms with van der Waals surface area (Å²) >= 11 is 9.53. The number of carboxylic acid groups (broad SMARTS) is 2. The van der Waals surface area contributed by atoms with Crippen LogP contribution in [-0.2, 0) is 65.0 Å². The summed E-state index contributed by atoms with van der Waals surface area (Å²) in [6.45, 7) is 0. The molecule has 0 aliphatic rings. The second-order valence-electron chi connectivity index (χ2n) is 11.6. The largest absolute Gasteiger partial charge is 1.00 e. The zero-order valence-corrected chi connectivity index (χ0v) is 42.6. The minimum atomic E-state index is -6.09. The molecule has 0 saturated carbocycles. The Labute approximate surface area is 419 Å². The molecule has 26 heteroatoms. The van der Waals surface area contributed by atoms with Gasteiger partial charge >= 0.3 is 67.7 Å². The summed E-state index contributed by atoms with van der Waals surface area (Å²) in [6.07, 6.45) is 5.68. The average Bonchev–Trinajstić information content (AvgIpc) is 3.26. The summed E-state index contributed by atoms with van der Waals surface area (Å²) in [6, 6.07) is 50.6. The van der Waals surface area contributed by atoms with E-state index in [9.17, 15) is 35.9 Å². The van der Waals surface area contributed by atoms with E-state index < -0.39 is 59.0 Å². The molecule has 0 aliphatic heterocycles. The Morgan fingerprint density at radius 1 is 0.500 bits per heavy atom. The maximum absolute atomic E-state index is 10.7. The van der Waals surface area contributed by atoms with Crippen LogP contribution in [0.15, 0.2) is 170 Å². The van der Waals surface area contributed by atoms with Gasteiger partial charge in [0.2, 0.25) is 0 Å². The van der Waals surface area contributed by atoms with E-state index in [1.54, 1.807) is 12.1 Å². The van der Waals surface area contributed by atoms with Gasteiger partial charge in [0.25, 0.3) is 0 Å². The fraction of sp³-hybridized carbons (Fsp3) is 0.100. The number of halogens is 8. The monoisotopic (exact) mass is 1410 g/mol. The molecule has 0 amide bonds. The summed E-state index contributed by atoms with van der Waals surface area (Å²) in [5.74, 6) is -0.636. The number of carbonyl (C=O) groups is 2. The van der Waals surface area contributed by atoms with E-state index in [1.807, 2.05) is 0 Å². The standard InChI is InChI=1S/C25H22P2.2C6H5NO2.CH2Cl2.2CHF3O3S.2Au/c1-5-13-22(14-6-1)26(23-15-7-2-8-16-23)21-27(24-17-9-3-10-18-24)25-19-11-4-12-20-25;2*8-6(9)5-2-1-3-7-4-5;2-1-3;2*2-1(3,4)8(5,6)7;;/h1-20H,21H2;2*1-4H,(H,8,9);1H2;2*(H,5,6,7);;/q;;;;;;2*+1. The van der Waals surface area contributed by atoms with Crippen LogP contribution in [0.4, 0.5) is 26.3 Å². The van der Waals surface area contributed by atoms with Crippen molar-refractivity contribution in [2.75, 3.05) is 11.2 Å². The molecule has 6 aromatic rings. The van der Waals surface area contributed by atoms with Crippen molar-refractivity contribution in [2.45, 2.75) is 11.0 Å². The smallest absolute Gasteiger partial charge is 0.741 e. The third-order valence-corrected chi connectivity index (χ3v) is 15.3. The second kappa shape index (κ2) is 33.0. The molecule has 2 aromatic heterocycles. The van der Waals surface area contributed by atoms with Crippen LogP contribution in [0, 0.1) is 0 Å². The molecule has 0 aliphatic carbocycles. The fourth-order valence-corrected chi connectivity index (χ4v) is 12.2. The van der Waals surface area contributed by atoms with Crippen molar-refractivity contribution in [3.8, 4) is 0 Å². The summed E-state index contributed by atoms with van der Waals surface area (Å²) in [4.78, 5) is 27.6. The molecule has 66 heavy (non-hydrogen) atoms. The third-order valence-electron chi connectivity index (χ3n) is 7.23. The molecule has 0 spiro atoms. The second-order valence-corrected chi connectivity index (χ2v) is 20.8. The van der Waals surface area contributed by atoms with Gasteiger partial charge < -0.3 is 19.3 Å². The first kappa shape index (κ1) is 64.5. The third kappa shape index (κ3) is 26.1. The minimum Gasteiger partial charge on any atom is -0.741 e. The van der Waals surface area contributed by atoms with Gasteiger partial charge in [0.15, 0.2) is 26.1 Å². The van der Waals surface area contributed by atoms with Crippen LogP contribution in [-0.4, -0.2) is 80.3 Å². The number of rotatable bonds is 8. The van der Waals surface area contributed by atoms with E-state index in [0.717, 1.165) is 0 Å². The quantitative estimate of drug-likeness (QED) is 0.0374. The summed E-state index contributed by atoms with van der Waals surface area (Å²) in [5.41, 5.74) is -10.9. The maximum Gasteiger partial charge on any atom is 1.00 e. The number of aromatic carboxylic acids is 2. The van der Waals surface area contributed by atoms with Crippen LogP contribution >= 0.6 is 39.0 Å². The normalized spacial score (nSPS) is 10.6. The number of carboxylic acids is 2. The number of hydrogen-bond donors (Lipinski definition) is 2. The van der Waals surface area contributed by atoms with Gasteiger partial charge in [0, 0.05) is 24.8 Å². The molecule has 2 heterocycles. The molecule has 4 aromatic carbocycles. The number of hydrogen-bond acceptors (Lipinski definition) is 10. The number of nitrogens with zero attached hydrogens (tertiary/aromatic N) is 2.